The maximum Gasteiger partial charge on any atom is 0.255 e. The van der Waals surface area contributed by atoms with E-state index in [1.165, 1.54) is 17.7 Å². The van der Waals surface area contributed by atoms with Crippen LogP contribution in [-0.2, 0) is 12.8 Å². The van der Waals surface area contributed by atoms with Crippen molar-refractivity contribution < 1.29 is 13.6 Å². The number of hydrogen-bond donors (Lipinski definition) is 0. The Balaban J connectivity index is 1.22. The van der Waals surface area contributed by atoms with Gasteiger partial charge in [0.25, 0.3) is 5.91 Å². The summed E-state index contributed by atoms with van der Waals surface area (Å²) in [6.07, 6.45) is 6.41. The molecule has 6 heteroatoms. The lowest BCUT2D eigenvalue weighted by atomic mass is 9.97. The fraction of sp³-hybridized carbons (Fsp3) is 0.250. The lowest BCUT2D eigenvalue weighted by Gasteiger charge is -2.31. The SMILES string of the molecule is O=C(c1ccc(Cc2ccccc2)nc1)N1CCC[C@H](c2ncc(Cc3cccc(F)c3)o2)C1. The third kappa shape index (κ3) is 5.22. The molecule has 4 aromatic rings. The van der Waals surface area contributed by atoms with Crippen molar-refractivity contribution in [2.45, 2.75) is 31.6 Å². The molecule has 5 rings (SSSR count). The van der Waals surface area contributed by atoms with Crippen LogP contribution in [0.2, 0.25) is 0 Å². The van der Waals surface area contributed by atoms with E-state index in [1.54, 1.807) is 18.5 Å². The second-order valence-electron chi connectivity index (χ2n) is 8.76. The van der Waals surface area contributed by atoms with Gasteiger partial charge in [0.2, 0.25) is 0 Å². The molecule has 0 spiro atoms. The topological polar surface area (TPSA) is 59.2 Å². The number of pyridine rings is 1. The maximum absolute atomic E-state index is 13.5. The summed E-state index contributed by atoms with van der Waals surface area (Å²) in [4.78, 5) is 24.0. The number of rotatable bonds is 6. The number of halogens is 1. The molecule has 1 aliphatic rings. The Morgan fingerprint density at radius 3 is 2.62 bits per heavy atom. The molecule has 3 heterocycles. The molecule has 1 fully saturated rings. The molecule has 0 bridgehead atoms. The molecular weight excluding hydrogens is 429 g/mol. The van der Waals surface area contributed by atoms with Crippen molar-refractivity contribution in [1.29, 1.82) is 0 Å². The van der Waals surface area contributed by atoms with Crippen molar-refractivity contribution in [3.8, 4) is 0 Å². The van der Waals surface area contributed by atoms with Gasteiger partial charge in [-0.05, 0) is 48.2 Å². The van der Waals surface area contributed by atoms with E-state index in [4.69, 9.17) is 4.42 Å². The Morgan fingerprint density at radius 1 is 0.971 bits per heavy atom. The highest BCUT2D eigenvalue weighted by molar-refractivity contribution is 5.94. The summed E-state index contributed by atoms with van der Waals surface area (Å²) >= 11 is 0. The Hall–Kier alpha value is -3.80. The normalized spacial score (nSPS) is 15.9. The minimum absolute atomic E-state index is 0.0185. The molecule has 0 radical (unpaired) electrons. The van der Waals surface area contributed by atoms with Gasteiger partial charge in [-0.1, -0.05) is 42.5 Å². The van der Waals surface area contributed by atoms with Crippen molar-refractivity contribution >= 4 is 5.91 Å². The number of hydrogen-bond acceptors (Lipinski definition) is 4. The Bertz CT molecular complexity index is 1250. The Labute approximate surface area is 198 Å². The molecule has 1 atom stereocenters. The van der Waals surface area contributed by atoms with Crippen LogP contribution in [0.15, 0.2) is 83.5 Å². The number of carbonyl (C=O) groups excluding carboxylic acids is 1. The quantitative estimate of drug-likeness (QED) is 0.390. The first-order valence-electron chi connectivity index (χ1n) is 11.6. The molecule has 34 heavy (non-hydrogen) atoms. The van der Waals surface area contributed by atoms with Crippen LogP contribution in [0.3, 0.4) is 0 Å². The van der Waals surface area contributed by atoms with Gasteiger partial charge >= 0.3 is 0 Å². The van der Waals surface area contributed by atoms with Crippen LogP contribution in [0.4, 0.5) is 4.39 Å². The van der Waals surface area contributed by atoms with E-state index in [9.17, 15) is 9.18 Å². The van der Waals surface area contributed by atoms with Crippen LogP contribution in [0.5, 0.6) is 0 Å². The van der Waals surface area contributed by atoms with Crippen molar-refractivity contribution in [2.75, 3.05) is 13.1 Å². The van der Waals surface area contributed by atoms with Gasteiger partial charge in [0.15, 0.2) is 5.89 Å². The zero-order valence-electron chi connectivity index (χ0n) is 18.9. The number of piperidine rings is 1. The summed E-state index contributed by atoms with van der Waals surface area (Å²) in [6.45, 7) is 1.27. The Morgan fingerprint density at radius 2 is 1.82 bits per heavy atom. The molecular formula is C28H26FN3O2. The number of benzene rings is 2. The van der Waals surface area contributed by atoms with E-state index >= 15 is 0 Å². The van der Waals surface area contributed by atoms with E-state index in [-0.39, 0.29) is 17.6 Å². The first-order chi connectivity index (χ1) is 16.6. The second kappa shape index (κ2) is 10.00. The summed E-state index contributed by atoms with van der Waals surface area (Å²) in [6, 6.07) is 20.4. The fourth-order valence-corrected chi connectivity index (χ4v) is 4.45. The summed E-state index contributed by atoms with van der Waals surface area (Å²) in [7, 11) is 0. The highest BCUT2D eigenvalue weighted by Crippen LogP contribution is 2.28. The average molecular weight is 456 g/mol. The molecule has 0 aliphatic carbocycles. The molecule has 172 valence electrons. The van der Waals surface area contributed by atoms with Crippen LogP contribution in [-0.4, -0.2) is 33.9 Å². The standard InChI is InChI=1S/C28H26FN3O2/c29-24-10-4-8-21(14-24)16-26-18-31-27(34-26)23-9-5-13-32(19-23)28(33)22-11-12-25(30-17-22)15-20-6-2-1-3-7-20/h1-4,6-8,10-12,14,17-18,23H,5,9,13,15-16,19H2/t23-/m0/s1. The number of amides is 1. The molecule has 0 saturated carbocycles. The smallest absolute Gasteiger partial charge is 0.255 e. The van der Waals surface area contributed by atoms with Crippen molar-refractivity contribution in [3.63, 3.8) is 0 Å². The van der Waals surface area contributed by atoms with Crippen LogP contribution >= 0.6 is 0 Å². The maximum atomic E-state index is 13.5. The van der Waals surface area contributed by atoms with E-state index in [1.807, 2.05) is 41.3 Å². The predicted molar refractivity (Wildman–Crippen MR) is 127 cm³/mol. The molecule has 5 nitrogen and oxygen atoms in total. The highest BCUT2D eigenvalue weighted by Gasteiger charge is 2.28. The summed E-state index contributed by atoms with van der Waals surface area (Å²) in [5, 5.41) is 0. The number of nitrogens with zero attached hydrogens (tertiary/aromatic N) is 3. The first-order valence-corrected chi connectivity index (χ1v) is 11.6. The van der Waals surface area contributed by atoms with E-state index in [2.05, 4.69) is 22.1 Å². The monoisotopic (exact) mass is 455 g/mol. The van der Waals surface area contributed by atoms with Gasteiger partial charge in [-0.15, -0.1) is 0 Å². The third-order valence-corrected chi connectivity index (χ3v) is 6.20. The van der Waals surface area contributed by atoms with Crippen LogP contribution in [0, 0.1) is 5.82 Å². The number of aromatic nitrogens is 2. The lowest BCUT2D eigenvalue weighted by Crippen LogP contribution is -2.39. The minimum atomic E-state index is -0.263. The third-order valence-electron chi connectivity index (χ3n) is 6.20. The summed E-state index contributed by atoms with van der Waals surface area (Å²) < 4.78 is 19.4. The molecule has 1 aliphatic heterocycles. The summed E-state index contributed by atoms with van der Waals surface area (Å²) in [5.74, 6) is 1.10. The number of likely N-dealkylation sites (tertiary alicyclic amines) is 1. The predicted octanol–water partition coefficient (Wildman–Crippen LogP) is 5.41. The highest BCUT2D eigenvalue weighted by atomic mass is 19.1. The number of oxazole rings is 1. The van der Waals surface area contributed by atoms with Gasteiger partial charge in [0, 0.05) is 37.8 Å². The molecule has 2 aromatic heterocycles. The van der Waals surface area contributed by atoms with Gasteiger partial charge in [-0.2, -0.15) is 0 Å². The Kier molecular flexibility index (Phi) is 6.47. The average Bonchev–Trinajstić information content (AvgIpc) is 3.33. The van der Waals surface area contributed by atoms with Crippen molar-refractivity contribution in [1.82, 2.24) is 14.9 Å². The number of carbonyl (C=O) groups is 1. The van der Waals surface area contributed by atoms with Crippen molar-refractivity contribution in [3.05, 3.63) is 119 Å². The largest absolute Gasteiger partial charge is 0.445 e. The molecule has 0 N–H and O–H groups in total. The first kappa shape index (κ1) is 22.0. The lowest BCUT2D eigenvalue weighted by molar-refractivity contribution is 0.0697. The summed E-state index contributed by atoms with van der Waals surface area (Å²) in [5.41, 5.74) is 3.56. The zero-order valence-corrected chi connectivity index (χ0v) is 18.9. The molecule has 2 aromatic carbocycles. The zero-order chi connectivity index (χ0) is 23.3. The van der Waals surface area contributed by atoms with E-state index in [0.717, 1.165) is 30.5 Å². The van der Waals surface area contributed by atoms with Gasteiger partial charge in [-0.25, -0.2) is 9.37 Å². The fourth-order valence-electron chi connectivity index (χ4n) is 4.45. The molecule has 1 saturated heterocycles. The van der Waals surface area contributed by atoms with Gasteiger partial charge in [-0.3, -0.25) is 9.78 Å². The van der Waals surface area contributed by atoms with Crippen molar-refractivity contribution in [2.24, 2.45) is 0 Å². The van der Waals surface area contributed by atoms with Gasteiger partial charge in [0.1, 0.15) is 11.6 Å². The second-order valence-corrected chi connectivity index (χ2v) is 8.76. The molecule has 0 unspecified atom stereocenters. The van der Waals surface area contributed by atoms with E-state index < -0.39 is 0 Å². The van der Waals surface area contributed by atoms with Crippen LogP contribution in [0.1, 0.15) is 57.6 Å². The van der Waals surface area contributed by atoms with E-state index in [0.29, 0.717) is 36.7 Å². The molecule has 1 amide bonds. The van der Waals surface area contributed by atoms with Crippen LogP contribution < -0.4 is 0 Å². The van der Waals surface area contributed by atoms with Gasteiger partial charge in [0.05, 0.1) is 17.7 Å². The minimum Gasteiger partial charge on any atom is -0.445 e. The van der Waals surface area contributed by atoms with Gasteiger partial charge < -0.3 is 9.32 Å². The van der Waals surface area contributed by atoms with Crippen LogP contribution in [0.25, 0.3) is 0 Å².